The lowest BCUT2D eigenvalue weighted by molar-refractivity contribution is -0.305. The quantitative estimate of drug-likeness (QED) is 0.0172. The Bertz CT molecular complexity index is 949. The van der Waals surface area contributed by atoms with Crippen molar-refractivity contribution in [3.05, 3.63) is 36.5 Å². The number of aliphatic hydroxyl groups is 4. The Kier molecular flexibility index (Phi) is 30.9. The summed E-state index contributed by atoms with van der Waals surface area (Å²) in [5, 5.41) is 39.9. The van der Waals surface area contributed by atoms with Crippen LogP contribution in [-0.4, -0.2) is 89.0 Å². The largest absolute Gasteiger partial charge is 0.458 e. The first-order valence-electron chi connectivity index (χ1n) is 20.6. The van der Waals surface area contributed by atoms with E-state index in [0.717, 1.165) is 51.4 Å². The number of carbonyl (C=O) groups excluding carboxylic acids is 2. The maximum Gasteiger partial charge on any atom is 0.330 e. The van der Waals surface area contributed by atoms with Crippen LogP contribution >= 0.6 is 0 Å². The SMILES string of the molecule is CCCCC/C=C/CCCCCCCC(=O)O[C@@H](COC(=O)/C=C/C=C/CCCCCCCCCCCCC)CO[C@H]1O[C@@H](CO)[C@@H](O)C(O)C1O. The van der Waals surface area contributed by atoms with E-state index in [1.54, 1.807) is 6.08 Å². The van der Waals surface area contributed by atoms with E-state index < -0.39 is 55.4 Å². The summed E-state index contributed by atoms with van der Waals surface area (Å²) < 4.78 is 21.9. The number of rotatable bonds is 33. The molecule has 0 spiro atoms. The number of esters is 2. The third kappa shape index (κ3) is 25.0. The van der Waals surface area contributed by atoms with Crippen LogP contribution in [0.3, 0.4) is 0 Å². The fourth-order valence-corrected chi connectivity index (χ4v) is 6.04. The lowest BCUT2D eigenvalue weighted by Gasteiger charge is -2.39. The van der Waals surface area contributed by atoms with E-state index >= 15 is 0 Å². The van der Waals surface area contributed by atoms with Gasteiger partial charge in [0.1, 0.15) is 31.0 Å². The molecule has 0 bridgehead atoms. The number of allylic oxidation sites excluding steroid dienone is 5. The van der Waals surface area contributed by atoms with Gasteiger partial charge in [0.15, 0.2) is 12.4 Å². The van der Waals surface area contributed by atoms with Gasteiger partial charge in [0, 0.05) is 12.5 Å². The highest BCUT2D eigenvalue weighted by Gasteiger charge is 2.44. The van der Waals surface area contributed by atoms with Crippen LogP contribution in [0.25, 0.3) is 0 Å². The molecule has 1 fully saturated rings. The molecule has 0 aromatic carbocycles. The molecule has 1 aliphatic heterocycles. The van der Waals surface area contributed by atoms with Crippen molar-refractivity contribution in [2.75, 3.05) is 19.8 Å². The van der Waals surface area contributed by atoms with Gasteiger partial charge in [-0.05, 0) is 44.9 Å². The molecule has 1 rings (SSSR count). The Morgan fingerprint density at radius 3 is 1.75 bits per heavy atom. The van der Waals surface area contributed by atoms with Crippen LogP contribution in [0.5, 0.6) is 0 Å². The maximum absolute atomic E-state index is 12.7. The van der Waals surface area contributed by atoms with Crippen LogP contribution in [0.4, 0.5) is 0 Å². The van der Waals surface area contributed by atoms with Gasteiger partial charge in [-0.1, -0.05) is 141 Å². The first kappa shape index (κ1) is 47.9. The van der Waals surface area contributed by atoms with E-state index in [-0.39, 0.29) is 19.6 Å². The molecular formula is C42H74O10. The van der Waals surface area contributed by atoms with Crippen LogP contribution < -0.4 is 0 Å². The fraction of sp³-hybridized carbons (Fsp3) is 0.810. The summed E-state index contributed by atoms with van der Waals surface area (Å²) in [6.45, 7) is 3.25. The molecule has 0 aliphatic carbocycles. The average molecular weight is 739 g/mol. The van der Waals surface area contributed by atoms with Crippen molar-refractivity contribution >= 4 is 11.9 Å². The van der Waals surface area contributed by atoms with Crippen molar-refractivity contribution < 1.29 is 49.0 Å². The standard InChI is InChI=1S/C42H74O10/c1-3-5-7-9-11-13-15-17-18-19-21-22-24-26-28-30-37(44)49-33-35(34-50-42-41(48)40(47)39(46)36(32-43)52-42)51-38(45)31-29-27-25-23-20-16-14-12-10-8-6-4-2/h12,14,24,26,28,30,35-36,39-43,46-48H,3-11,13,15-23,25,27,29,31-34H2,1-2H3/b14-12+,26-24+,30-28+/t35-,36-,39+,40?,41?,42-/m0/s1. The van der Waals surface area contributed by atoms with Crippen LogP contribution in [-0.2, 0) is 28.5 Å². The Balaban J connectivity index is 2.43. The van der Waals surface area contributed by atoms with E-state index in [4.69, 9.17) is 18.9 Å². The molecule has 0 radical (unpaired) electrons. The van der Waals surface area contributed by atoms with Gasteiger partial charge in [-0.25, -0.2) is 4.79 Å². The molecule has 52 heavy (non-hydrogen) atoms. The molecule has 1 aliphatic rings. The molecule has 0 amide bonds. The van der Waals surface area contributed by atoms with Crippen molar-refractivity contribution in [1.29, 1.82) is 0 Å². The predicted octanol–water partition coefficient (Wildman–Crippen LogP) is 7.94. The molecule has 0 saturated carbocycles. The van der Waals surface area contributed by atoms with Crippen molar-refractivity contribution in [1.82, 2.24) is 0 Å². The van der Waals surface area contributed by atoms with Gasteiger partial charge in [0.2, 0.25) is 0 Å². The number of ether oxygens (including phenoxy) is 4. The molecule has 0 aromatic heterocycles. The first-order chi connectivity index (χ1) is 25.3. The summed E-state index contributed by atoms with van der Waals surface area (Å²) in [5.74, 6) is -1.07. The molecule has 10 nitrogen and oxygen atoms in total. The molecule has 10 heteroatoms. The Morgan fingerprint density at radius 1 is 0.635 bits per heavy atom. The lowest BCUT2D eigenvalue weighted by Crippen LogP contribution is -2.59. The molecule has 0 aromatic rings. The highest BCUT2D eigenvalue weighted by Crippen LogP contribution is 2.22. The van der Waals surface area contributed by atoms with Crippen LogP contribution in [0.15, 0.2) is 36.5 Å². The van der Waals surface area contributed by atoms with Gasteiger partial charge in [-0.15, -0.1) is 0 Å². The highest BCUT2D eigenvalue weighted by molar-refractivity contribution is 5.82. The normalized spacial score (nSPS) is 21.4. The molecule has 302 valence electrons. The topological polar surface area (TPSA) is 152 Å². The second-order valence-corrected chi connectivity index (χ2v) is 14.2. The van der Waals surface area contributed by atoms with Gasteiger partial charge in [0.05, 0.1) is 13.2 Å². The summed E-state index contributed by atoms with van der Waals surface area (Å²) in [6, 6.07) is 0. The number of carbonyl (C=O) groups is 2. The Labute approximate surface area is 315 Å². The minimum absolute atomic E-state index is 0.200. The van der Waals surface area contributed by atoms with Gasteiger partial charge in [-0.2, -0.15) is 0 Å². The van der Waals surface area contributed by atoms with E-state index in [1.807, 2.05) is 12.2 Å². The zero-order valence-corrected chi connectivity index (χ0v) is 32.6. The van der Waals surface area contributed by atoms with Crippen molar-refractivity contribution in [2.45, 2.75) is 198 Å². The second kappa shape index (κ2) is 33.5. The minimum atomic E-state index is -1.61. The monoisotopic (exact) mass is 739 g/mol. The summed E-state index contributed by atoms with van der Waals surface area (Å²) in [5.41, 5.74) is 0. The molecule has 6 atom stereocenters. The van der Waals surface area contributed by atoms with E-state index in [1.165, 1.54) is 89.5 Å². The predicted molar refractivity (Wildman–Crippen MR) is 206 cm³/mol. The number of hydrogen-bond acceptors (Lipinski definition) is 10. The number of unbranched alkanes of at least 4 members (excludes halogenated alkanes) is 19. The van der Waals surface area contributed by atoms with E-state index in [9.17, 15) is 30.0 Å². The zero-order chi connectivity index (χ0) is 38.1. The number of hydrogen-bond donors (Lipinski definition) is 4. The fourth-order valence-electron chi connectivity index (χ4n) is 6.04. The Morgan fingerprint density at radius 2 is 1.15 bits per heavy atom. The second-order valence-electron chi connectivity index (χ2n) is 14.2. The van der Waals surface area contributed by atoms with Crippen LogP contribution in [0.2, 0.25) is 0 Å². The third-order valence-electron chi connectivity index (χ3n) is 9.35. The molecular weight excluding hydrogens is 664 g/mol. The van der Waals surface area contributed by atoms with Gasteiger partial charge in [0.25, 0.3) is 0 Å². The third-order valence-corrected chi connectivity index (χ3v) is 9.35. The van der Waals surface area contributed by atoms with E-state index in [2.05, 4.69) is 26.0 Å². The van der Waals surface area contributed by atoms with Crippen molar-refractivity contribution in [3.8, 4) is 0 Å². The van der Waals surface area contributed by atoms with Crippen LogP contribution in [0, 0.1) is 0 Å². The van der Waals surface area contributed by atoms with Crippen molar-refractivity contribution in [3.63, 3.8) is 0 Å². The molecule has 1 heterocycles. The van der Waals surface area contributed by atoms with Crippen LogP contribution in [0.1, 0.15) is 162 Å². The molecule has 2 unspecified atom stereocenters. The first-order valence-corrected chi connectivity index (χ1v) is 20.6. The minimum Gasteiger partial charge on any atom is -0.458 e. The Hall–Kier alpha value is -2.08. The smallest absolute Gasteiger partial charge is 0.330 e. The van der Waals surface area contributed by atoms with Gasteiger partial charge < -0.3 is 39.4 Å². The summed E-state index contributed by atoms with van der Waals surface area (Å²) >= 11 is 0. The number of aliphatic hydroxyl groups excluding tert-OH is 4. The van der Waals surface area contributed by atoms with E-state index in [0.29, 0.717) is 6.42 Å². The molecule has 1 saturated heterocycles. The summed E-state index contributed by atoms with van der Waals surface area (Å²) in [6.07, 6.45) is 29.3. The highest BCUT2D eigenvalue weighted by atomic mass is 16.7. The van der Waals surface area contributed by atoms with Gasteiger partial charge in [-0.3, -0.25) is 4.79 Å². The van der Waals surface area contributed by atoms with Gasteiger partial charge >= 0.3 is 11.9 Å². The van der Waals surface area contributed by atoms with Crippen molar-refractivity contribution in [2.24, 2.45) is 0 Å². The molecule has 4 N–H and O–H groups in total. The summed E-state index contributed by atoms with van der Waals surface area (Å²) in [7, 11) is 0. The lowest BCUT2D eigenvalue weighted by atomic mass is 9.99. The summed E-state index contributed by atoms with van der Waals surface area (Å²) in [4.78, 5) is 25.1. The maximum atomic E-state index is 12.7. The average Bonchev–Trinajstić information content (AvgIpc) is 3.14. The zero-order valence-electron chi connectivity index (χ0n) is 32.6.